The van der Waals surface area contributed by atoms with Gasteiger partial charge in [0.1, 0.15) is 11.6 Å². The van der Waals surface area contributed by atoms with E-state index in [1.807, 2.05) is 24.0 Å². The summed E-state index contributed by atoms with van der Waals surface area (Å²) in [5, 5.41) is 3.13. The average Bonchev–Trinajstić information content (AvgIpc) is 3.15. The second-order valence-corrected chi connectivity index (χ2v) is 8.18. The number of urea groups is 1. The lowest BCUT2D eigenvalue weighted by Gasteiger charge is -2.43. The minimum atomic E-state index is -0.00448. The summed E-state index contributed by atoms with van der Waals surface area (Å²) in [6, 6.07) is 8.42. The first-order chi connectivity index (χ1) is 13.5. The van der Waals surface area contributed by atoms with Crippen LogP contribution in [0.1, 0.15) is 37.2 Å². The summed E-state index contributed by atoms with van der Waals surface area (Å²) < 4.78 is 0. The standard InChI is InChI=1S/C22H29N5O/c1-15(2)20-14-26(21-9-10-23-16(3)24-21)11-12-27(20)22(28)25-19-8-7-17-5-4-6-18(17)13-19/h7-10,13,15,20H,4-6,11-12,14H2,1-3H3,(H,25,28). The van der Waals surface area contributed by atoms with Gasteiger partial charge in [0.25, 0.3) is 0 Å². The molecular formula is C22H29N5O. The Hall–Kier alpha value is -2.63. The lowest BCUT2D eigenvalue weighted by Crippen LogP contribution is -2.58. The zero-order chi connectivity index (χ0) is 19.7. The molecule has 1 aliphatic heterocycles. The minimum Gasteiger partial charge on any atom is -0.353 e. The number of rotatable bonds is 3. The highest BCUT2D eigenvalue weighted by Gasteiger charge is 2.33. The third-order valence-electron chi connectivity index (χ3n) is 5.88. The fourth-order valence-corrected chi connectivity index (χ4v) is 4.31. The molecule has 1 aromatic carbocycles. The highest BCUT2D eigenvalue weighted by atomic mass is 16.2. The number of nitrogens with one attached hydrogen (secondary N) is 1. The smallest absolute Gasteiger partial charge is 0.322 e. The quantitative estimate of drug-likeness (QED) is 0.884. The molecule has 4 rings (SSSR count). The second kappa shape index (κ2) is 7.78. The van der Waals surface area contributed by atoms with E-state index in [-0.39, 0.29) is 12.1 Å². The van der Waals surface area contributed by atoms with Crippen molar-refractivity contribution in [1.82, 2.24) is 14.9 Å². The van der Waals surface area contributed by atoms with Crippen LogP contribution in [0.25, 0.3) is 0 Å². The molecule has 2 heterocycles. The maximum Gasteiger partial charge on any atom is 0.322 e. The molecule has 1 atom stereocenters. The van der Waals surface area contributed by atoms with Crippen LogP contribution in [0.3, 0.4) is 0 Å². The van der Waals surface area contributed by atoms with E-state index in [4.69, 9.17) is 0 Å². The van der Waals surface area contributed by atoms with Crippen molar-refractivity contribution in [2.24, 2.45) is 5.92 Å². The van der Waals surface area contributed by atoms with Gasteiger partial charge >= 0.3 is 6.03 Å². The second-order valence-electron chi connectivity index (χ2n) is 8.18. The maximum atomic E-state index is 13.1. The number of hydrogen-bond acceptors (Lipinski definition) is 4. The number of amides is 2. The van der Waals surface area contributed by atoms with E-state index in [1.165, 1.54) is 17.5 Å². The maximum absolute atomic E-state index is 13.1. The van der Waals surface area contributed by atoms with Gasteiger partial charge in [0.2, 0.25) is 0 Å². The number of nitrogens with zero attached hydrogens (tertiary/aromatic N) is 4. The van der Waals surface area contributed by atoms with Gasteiger partial charge in [0, 0.05) is 31.5 Å². The van der Waals surface area contributed by atoms with Gasteiger partial charge in [0.15, 0.2) is 0 Å². The highest BCUT2D eigenvalue weighted by Crippen LogP contribution is 2.26. The summed E-state index contributed by atoms with van der Waals surface area (Å²) in [7, 11) is 0. The molecule has 0 bridgehead atoms. The van der Waals surface area contributed by atoms with Crippen LogP contribution in [0.15, 0.2) is 30.5 Å². The van der Waals surface area contributed by atoms with Gasteiger partial charge in [0.05, 0.1) is 6.04 Å². The van der Waals surface area contributed by atoms with Gasteiger partial charge in [-0.15, -0.1) is 0 Å². The predicted molar refractivity (Wildman–Crippen MR) is 112 cm³/mol. The molecule has 2 amide bonds. The van der Waals surface area contributed by atoms with Crippen LogP contribution in [0.4, 0.5) is 16.3 Å². The number of fused-ring (bicyclic) bond motifs is 1. The zero-order valence-corrected chi connectivity index (χ0v) is 17.0. The van der Waals surface area contributed by atoms with Gasteiger partial charge in [-0.1, -0.05) is 19.9 Å². The first-order valence-electron chi connectivity index (χ1n) is 10.3. The lowest BCUT2D eigenvalue weighted by molar-refractivity contribution is 0.156. The SMILES string of the molecule is Cc1nccc(N2CCN(C(=O)Nc3ccc4c(c3)CCC4)C(C(C)C)C2)n1. The first-order valence-corrected chi connectivity index (χ1v) is 10.3. The van der Waals surface area contributed by atoms with Crippen LogP contribution in [0, 0.1) is 12.8 Å². The van der Waals surface area contributed by atoms with Gasteiger partial charge < -0.3 is 15.1 Å². The Morgan fingerprint density at radius 1 is 1.18 bits per heavy atom. The molecule has 1 unspecified atom stereocenters. The number of aryl methyl sites for hydroxylation is 3. The number of piperazine rings is 1. The summed E-state index contributed by atoms with van der Waals surface area (Å²) >= 11 is 0. The van der Waals surface area contributed by atoms with E-state index < -0.39 is 0 Å². The number of anilines is 2. The van der Waals surface area contributed by atoms with Crippen molar-refractivity contribution >= 4 is 17.5 Å². The number of benzene rings is 1. The Balaban J connectivity index is 1.47. The van der Waals surface area contributed by atoms with Crippen LogP contribution in [-0.2, 0) is 12.8 Å². The van der Waals surface area contributed by atoms with Crippen molar-refractivity contribution in [3.63, 3.8) is 0 Å². The van der Waals surface area contributed by atoms with E-state index in [1.54, 1.807) is 6.20 Å². The van der Waals surface area contributed by atoms with Crippen LogP contribution in [0.5, 0.6) is 0 Å². The van der Waals surface area contributed by atoms with E-state index in [2.05, 4.69) is 46.2 Å². The van der Waals surface area contributed by atoms with Crippen molar-refractivity contribution in [3.8, 4) is 0 Å². The number of aromatic nitrogens is 2. The summed E-state index contributed by atoms with van der Waals surface area (Å²) in [5.41, 5.74) is 3.70. The van der Waals surface area contributed by atoms with Gasteiger partial charge in [-0.2, -0.15) is 0 Å². The molecule has 0 spiro atoms. The fourth-order valence-electron chi connectivity index (χ4n) is 4.31. The Morgan fingerprint density at radius 3 is 2.79 bits per heavy atom. The Labute approximate surface area is 167 Å². The van der Waals surface area contributed by atoms with Gasteiger partial charge in [-0.25, -0.2) is 14.8 Å². The van der Waals surface area contributed by atoms with Crippen molar-refractivity contribution in [2.45, 2.75) is 46.1 Å². The topological polar surface area (TPSA) is 61.4 Å². The summed E-state index contributed by atoms with van der Waals surface area (Å²) in [4.78, 5) is 26.0. The van der Waals surface area contributed by atoms with Crippen LogP contribution >= 0.6 is 0 Å². The number of hydrogen-bond donors (Lipinski definition) is 1. The highest BCUT2D eigenvalue weighted by molar-refractivity contribution is 5.90. The molecule has 1 aliphatic carbocycles. The normalized spacial score (nSPS) is 19.1. The minimum absolute atomic E-state index is 0.00448. The van der Waals surface area contributed by atoms with Crippen LogP contribution in [-0.4, -0.2) is 46.6 Å². The molecule has 2 aromatic rings. The molecule has 6 heteroatoms. The molecule has 1 saturated heterocycles. The van der Waals surface area contributed by atoms with Crippen molar-refractivity contribution in [2.75, 3.05) is 29.9 Å². The molecule has 2 aliphatic rings. The van der Waals surface area contributed by atoms with Gasteiger partial charge in [-0.3, -0.25) is 0 Å². The Kier molecular flexibility index (Phi) is 5.20. The van der Waals surface area contributed by atoms with Crippen LogP contribution in [0.2, 0.25) is 0 Å². The summed E-state index contributed by atoms with van der Waals surface area (Å²) in [6.07, 6.45) is 5.29. The van der Waals surface area contributed by atoms with E-state index in [0.29, 0.717) is 12.5 Å². The van der Waals surface area contributed by atoms with E-state index in [9.17, 15) is 4.79 Å². The largest absolute Gasteiger partial charge is 0.353 e. The van der Waals surface area contributed by atoms with Crippen molar-refractivity contribution < 1.29 is 4.79 Å². The number of carbonyl (C=O) groups is 1. The lowest BCUT2D eigenvalue weighted by atomic mass is 10.00. The average molecular weight is 380 g/mol. The summed E-state index contributed by atoms with van der Waals surface area (Å²) in [6.45, 7) is 8.50. The molecule has 28 heavy (non-hydrogen) atoms. The van der Waals surface area contributed by atoms with Crippen molar-refractivity contribution in [1.29, 1.82) is 0 Å². The molecule has 1 N–H and O–H groups in total. The van der Waals surface area contributed by atoms with Crippen molar-refractivity contribution in [3.05, 3.63) is 47.4 Å². The molecule has 1 aromatic heterocycles. The zero-order valence-electron chi connectivity index (χ0n) is 17.0. The van der Waals surface area contributed by atoms with E-state index in [0.717, 1.165) is 43.3 Å². The number of carbonyl (C=O) groups excluding carboxylic acids is 1. The Morgan fingerprint density at radius 2 is 2.00 bits per heavy atom. The third-order valence-corrected chi connectivity index (χ3v) is 5.88. The third kappa shape index (κ3) is 3.81. The molecule has 148 valence electrons. The van der Waals surface area contributed by atoms with E-state index >= 15 is 0 Å². The molecule has 1 fully saturated rings. The molecule has 6 nitrogen and oxygen atoms in total. The van der Waals surface area contributed by atoms with Crippen LogP contribution < -0.4 is 10.2 Å². The monoisotopic (exact) mass is 379 g/mol. The fraction of sp³-hybridized carbons (Fsp3) is 0.500. The molecule has 0 saturated carbocycles. The first kappa shape index (κ1) is 18.7. The van der Waals surface area contributed by atoms with Gasteiger partial charge in [-0.05, 0) is 61.4 Å². The molecule has 0 radical (unpaired) electrons. The summed E-state index contributed by atoms with van der Waals surface area (Å²) in [5.74, 6) is 2.07. The Bertz CT molecular complexity index is 866. The predicted octanol–water partition coefficient (Wildman–Crippen LogP) is 3.65. The molecular weight excluding hydrogens is 350 g/mol.